The highest BCUT2D eigenvalue weighted by Gasteiger charge is 2.21. The van der Waals surface area contributed by atoms with Crippen LogP contribution in [0.15, 0.2) is 49.1 Å². The average Bonchev–Trinajstić information content (AvgIpc) is 2.96. The van der Waals surface area contributed by atoms with Crippen LogP contribution in [0.1, 0.15) is 31.2 Å². The van der Waals surface area contributed by atoms with Crippen molar-refractivity contribution in [3.8, 4) is 0 Å². The van der Waals surface area contributed by atoms with E-state index in [0.29, 0.717) is 21.0 Å². The Hall–Kier alpha value is -2.08. The number of aromatic nitrogens is 2. The first-order valence-corrected chi connectivity index (χ1v) is 8.03. The fraction of sp³-hybridized carbons (Fsp3) is 0. The van der Waals surface area contributed by atoms with Crippen LogP contribution in [0, 0.1) is 0 Å². The molecular formula is C16H8Cl2N2O2S. The number of hydrogen-bond donors (Lipinski definition) is 0. The Morgan fingerprint density at radius 2 is 1.70 bits per heavy atom. The van der Waals surface area contributed by atoms with E-state index in [1.807, 2.05) is 0 Å². The number of ketones is 2. The third-order valence-corrected chi connectivity index (χ3v) is 4.66. The second kappa shape index (κ2) is 6.58. The molecule has 3 rings (SSSR count). The Bertz CT molecular complexity index is 894. The van der Waals surface area contributed by atoms with Gasteiger partial charge in [0.05, 0.1) is 16.0 Å². The molecule has 2 heterocycles. The van der Waals surface area contributed by atoms with Crippen LogP contribution in [-0.2, 0) is 0 Å². The summed E-state index contributed by atoms with van der Waals surface area (Å²) in [6.07, 6.45) is 4.18. The number of thiophene rings is 1. The zero-order valence-corrected chi connectivity index (χ0v) is 13.8. The lowest BCUT2D eigenvalue weighted by atomic mass is 10.1. The molecule has 0 aliphatic heterocycles. The van der Waals surface area contributed by atoms with Crippen molar-refractivity contribution < 1.29 is 9.59 Å². The quantitative estimate of drug-likeness (QED) is 0.648. The molecule has 23 heavy (non-hydrogen) atoms. The second-order valence-electron chi connectivity index (χ2n) is 4.59. The van der Waals surface area contributed by atoms with E-state index in [1.54, 1.807) is 24.3 Å². The lowest BCUT2D eigenvalue weighted by Gasteiger charge is -1.99. The average molecular weight is 363 g/mol. The Morgan fingerprint density at radius 1 is 0.957 bits per heavy atom. The van der Waals surface area contributed by atoms with E-state index in [2.05, 4.69) is 9.97 Å². The summed E-state index contributed by atoms with van der Waals surface area (Å²) in [6, 6.07) is 8.06. The first-order chi connectivity index (χ1) is 11.1. The lowest BCUT2D eigenvalue weighted by Crippen LogP contribution is -2.02. The highest BCUT2D eigenvalue weighted by Crippen LogP contribution is 2.31. The predicted octanol–water partition coefficient (Wildman–Crippen LogP) is 4.31. The molecule has 4 nitrogen and oxygen atoms in total. The summed E-state index contributed by atoms with van der Waals surface area (Å²) >= 11 is 13.1. The van der Waals surface area contributed by atoms with Gasteiger partial charge in [0, 0.05) is 23.0 Å². The van der Waals surface area contributed by atoms with E-state index in [1.165, 1.54) is 24.8 Å². The zero-order valence-electron chi connectivity index (χ0n) is 11.5. The Kier molecular flexibility index (Phi) is 4.52. The first-order valence-electron chi connectivity index (χ1n) is 6.45. The van der Waals surface area contributed by atoms with Gasteiger partial charge in [-0.15, -0.1) is 11.3 Å². The molecule has 0 aliphatic carbocycles. The van der Waals surface area contributed by atoms with Crippen LogP contribution in [0.4, 0.5) is 0 Å². The summed E-state index contributed by atoms with van der Waals surface area (Å²) in [5, 5.41) is 0.458. The maximum absolute atomic E-state index is 12.5. The third-order valence-electron chi connectivity index (χ3n) is 3.06. The Balaban J connectivity index is 1.95. The fourth-order valence-corrected chi connectivity index (χ4v) is 3.40. The van der Waals surface area contributed by atoms with Gasteiger partial charge in [-0.2, -0.15) is 0 Å². The Morgan fingerprint density at radius 3 is 2.39 bits per heavy atom. The summed E-state index contributed by atoms with van der Waals surface area (Å²) in [7, 11) is 0. The van der Waals surface area contributed by atoms with Gasteiger partial charge in [-0.25, -0.2) is 9.97 Å². The third kappa shape index (κ3) is 3.32. The number of nitrogens with zero attached hydrogens (tertiary/aromatic N) is 2. The fourth-order valence-electron chi connectivity index (χ4n) is 1.98. The van der Waals surface area contributed by atoms with Gasteiger partial charge in [0.2, 0.25) is 5.78 Å². The summed E-state index contributed by atoms with van der Waals surface area (Å²) in [5.41, 5.74) is 1.03. The van der Waals surface area contributed by atoms with Crippen LogP contribution in [-0.4, -0.2) is 21.5 Å². The minimum Gasteiger partial charge on any atom is -0.289 e. The van der Waals surface area contributed by atoms with Crippen LogP contribution in [0.25, 0.3) is 0 Å². The normalized spacial score (nSPS) is 10.5. The smallest absolute Gasteiger partial charge is 0.206 e. The molecule has 0 unspecified atom stereocenters. The van der Waals surface area contributed by atoms with E-state index in [9.17, 15) is 9.59 Å². The molecule has 114 valence electrons. The summed E-state index contributed by atoms with van der Waals surface area (Å²) < 4.78 is 0.259. The van der Waals surface area contributed by atoms with E-state index in [-0.39, 0.29) is 21.5 Å². The van der Waals surface area contributed by atoms with Crippen molar-refractivity contribution in [3.05, 3.63) is 80.0 Å². The van der Waals surface area contributed by atoms with E-state index >= 15 is 0 Å². The SMILES string of the molecule is O=C(c1cncnc1)c1cc(C(=O)c2cccc(Cl)c2)c(Cl)s1. The number of halogens is 2. The molecule has 0 bridgehead atoms. The zero-order chi connectivity index (χ0) is 16.4. The number of rotatable bonds is 4. The van der Waals surface area contributed by atoms with Crippen LogP contribution < -0.4 is 0 Å². The monoisotopic (exact) mass is 362 g/mol. The van der Waals surface area contributed by atoms with Gasteiger partial charge < -0.3 is 0 Å². The molecular weight excluding hydrogens is 355 g/mol. The van der Waals surface area contributed by atoms with Crippen molar-refractivity contribution in [2.24, 2.45) is 0 Å². The Labute approximate surface area is 145 Å². The molecule has 0 N–H and O–H groups in total. The van der Waals surface area contributed by atoms with Crippen molar-refractivity contribution >= 4 is 46.1 Å². The maximum atomic E-state index is 12.5. The van der Waals surface area contributed by atoms with Crippen LogP contribution in [0.3, 0.4) is 0 Å². The van der Waals surface area contributed by atoms with Crippen molar-refractivity contribution in [2.45, 2.75) is 0 Å². The number of carbonyl (C=O) groups is 2. The molecule has 1 aromatic carbocycles. The molecule has 0 spiro atoms. The largest absolute Gasteiger partial charge is 0.289 e. The van der Waals surface area contributed by atoms with E-state index < -0.39 is 0 Å². The highest BCUT2D eigenvalue weighted by molar-refractivity contribution is 7.18. The van der Waals surface area contributed by atoms with Gasteiger partial charge in [0.1, 0.15) is 10.7 Å². The topological polar surface area (TPSA) is 59.9 Å². The summed E-state index contributed by atoms with van der Waals surface area (Å²) in [5.74, 6) is -0.556. The van der Waals surface area contributed by atoms with Gasteiger partial charge in [-0.1, -0.05) is 35.3 Å². The molecule has 0 saturated carbocycles. The molecule has 0 radical (unpaired) electrons. The minimum atomic E-state index is -0.280. The van der Waals surface area contributed by atoms with Crippen molar-refractivity contribution in [2.75, 3.05) is 0 Å². The molecule has 0 aliphatic rings. The van der Waals surface area contributed by atoms with E-state index in [4.69, 9.17) is 23.2 Å². The maximum Gasteiger partial charge on any atom is 0.206 e. The minimum absolute atomic E-state index is 0.259. The first kappa shape index (κ1) is 15.8. The van der Waals surface area contributed by atoms with Gasteiger partial charge in [0.25, 0.3) is 0 Å². The molecule has 0 amide bonds. The molecule has 2 aromatic heterocycles. The van der Waals surface area contributed by atoms with Crippen molar-refractivity contribution in [1.29, 1.82) is 0 Å². The number of hydrogen-bond acceptors (Lipinski definition) is 5. The molecule has 0 fully saturated rings. The van der Waals surface area contributed by atoms with Crippen LogP contribution >= 0.6 is 34.5 Å². The molecule has 3 aromatic rings. The van der Waals surface area contributed by atoms with Gasteiger partial charge in [-0.05, 0) is 18.2 Å². The van der Waals surface area contributed by atoms with Gasteiger partial charge >= 0.3 is 0 Å². The van der Waals surface area contributed by atoms with Crippen LogP contribution in [0.2, 0.25) is 9.36 Å². The van der Waals surface area contributed by atoms with Crippen molar-refractivity contribution in [3.63, 3.8) is 0 Å². The molecule has 0 saturated heterocycles. The van der Waals surface area contributed by atoms with Crippen molar-refractivity contribution in [1.82, 2.24) is 9.97 Å². The second-order valence-corrected chi connectivity index (χ2v) is 6.68. The summed E-state index contributed by atoms with van der Waals surface area (Å²) in [6.45, 7) is 0. The van der Waals surface area contributed by atoms with Gasteiger partial charge in [-0.3, -0.25) is 9.59 Å². The standard InChI is InChI=1S/C16H8Cl2N2O2S/c17-11-3-1-2-9(4-11)14(21)12-5-13(23-16(12)18)15(22)10-6-19-8-20-7-10/h1-8H. The predicted molar refractivity (Wildman–Crippen MR) is 89.7 cm³/mol. The van der Waals surface area contributed by atoms with Gasteiger partial charge in [0.15, 0.2) is 5.78 Å². The molecule has 0 atom stereocenters. The number of benzene rings is 1. The highest BCUT2D eigenvalue weighted by atomic mass is 35.5. The lowest BCUT2D eigenvalue weighted by molar-refractivity contribution is 0.103. The van der Waals surface area contributed by atoms with Crippen LogP contribution in [0.5, 0.6) is 0 Å². The van der Waals surface area contributed by atoms with E-state index in [0.717, 1.165) is 11.3 Å². The summed E-state index contributed by atoms with van der Waals surface area (Å²) in [4.78, 5) is 32.9. The number of carbonyl (C=O) groups excluding carboxylic acids is 2. The molecule has 7 heteroatoms.